The van der Waals surface area contributed by atoms with Crippen LogP contribution in [0.3, 0.4) is 0 Å². The fourth-order valence-corrected chi connectivity index (χ4v) is 1.49. The Balaban J connectivity index is 3.09. The van der Waals surface area contributed by atoms with Crippen LogP contribution < -0.4 is 5.73 Å². The van der Waals surface area contributed by atoms with Crippen LogP contribution >= 0.6 is 11.6 Å². The topological polar surface area (TPSA) is 69.2 Å². The maximum absolute atomic E-state index is 12.1. The molecule has 0 aliphatic rings. The van der Waals surface area contributed by atoms with E-state index in [9.17, 15) is 18.9 Å². The standard InChI is InChI=1S/C9H9ClF2N2O2/c10-5-1-2-8(14(15)16)6(3-5)7(13)4-9(11)12/h1-3,7,9H,4,13H2/t7-/m0/s1. The Morgan fingerprint density at radius 3 is 2.62 bits per heavy atom. The molecule has 0 saturated carbocycles. The normalized spacial score (nSPS) is 12.8. The average molecular weight is 251 g/mol. The Morgan fingerprint density at radius 1 is 1.50 bits per heavy atom. The van der Waals surface area contributed by atoms with Gasteiger partial charge in [0.05, 0.1) is 4.92 Å². The van der Waals surface area contributed by atoms with E-state index in [0.29, 0.717) is 0 Å². The third-order valence-corrected chi connectivity index (χ3v) is 2.25. The molecule has 0 heterocycles. The molecular formula is C9H9ClF2N2O2. The molecule has 1 aromatic rings. The van der Waals surface area contributed by atoms with Crippen LogP contribution in [0.1, 0.15) is 18.0 Å². The quantitative estimate of drug-likeness (QED) is 0.660. The van der Waals surface area contributed by atoms with Crippen molar-refractivity contribution in [2.24, 2.45) is 5.73 Å². The zero-order valence-corrected chi connectivity index (χ0v) is 8.82. The van der Waals surface area contributed by atoms with Crippen LogP contribution in [0.4, 0.5) is 14.5 Å². The number of nitro benzene ring substituents is 1. The number of hydrogen-bond acceptors (Lipinski definition) is 3. The average Bonchev–Trinajstić information content (AvgIpc) is 2.15. The summed E-state index contributed by atoms with van der Waals surface area (Å²) in [6, 6.07) is 2.62. The molecule has 1 rings (SSSR count). The molecule has 0 amide bonds. The maximum Gasteiger partial charge on any atom is 0.274 e. The fourth-order valence-electron chi connectivity index (χ4n) is 1.31. The van der Waals surface area contributed by atoms with E-state index in [4.69, 9.17) is 17.3 Å². The molecule has 0 fully saturated rings. The van der Waals surface area contributed by atoms with Crippen LogP contribution in [0.2, 0.25) is 5.02 Å². The van der Waals surface area contributed by atoms with Gasteiger partial charge in [0.1, 0.15) is 0 Å². The molecule has 1 atom stereocenters. The Morgan fingerprint density at radius 2 is 2.12 bits per heavy atom. The van der Waals surface area contributed by atoms with Crippen molar-refractivity contribution in [3.63, 3.8) is 0 Å². The summed E-state index contributed by atoms with van der Waals surface area (Å²) in [5.41, 5.74) is 5.19. The second-order valence-corrected chi connectivity index (χ2v) is 3.63. The highest BCUT2D eigenvalue weighted by Crippen LogP contribution is 2.29. The lowest BCUT2D eigenvalue weighted by Gasteiger charge is -2.11. The number of nitro groups is 1. The Labute approximate surface area is 95.2 Å². The van der Waals surface area contributed by atoms with E-state index in [1.807, 2.05) is 0 Å². The molecule has 0 aliphatic carbocycles. The summed E-state index contributed by atoms with van der Waals surface area (Å²) in [6.45, 7) is 0. The second-order valence-electron chi connectivity index (χ2n) is 3.19. The lowest BCUT2D eigenvalue weighted by Crippen LogP contribution is -2.15. The summed E-state index contributed by atoms with van der Waals surface area (Å²) in [5.74, 6) is 0. The number of hydrogen-bond donors (Lipinski definition) is 1. The third kappa shape index (κ3) is 3.11. The van der Waals surface area contributed by atoms with E-state index in [1.54, 1.807) is 0 Å². The highest BCUT2D eigenvalue weighted by molar-refractivity contribution is 6.30. The molecule has 16 heavy (non-hydrogen) atoms. The SMILES string of the molecule is N[C@@H](CC(F)F)c1cc(Cl)ccc1[N+](=O)[O-]. The molecule has 1 aromatic carbocycles. The highest BCUT2D eigenvalue weighted by atomic mass is 35.5. The summed E-state index contributed by atoms with van der Waals surface area (Å²) in [7, 11) is 0. The molecule has 88 valence electrons. The van der Waals surface area contributed by atoms with Crippen molar-refractivity contribution < 1.29 is 13.7 Å². The molecule has 7 heteroatoms. The first-order valence-corrected chi connectivity index (χ1v) is 4.77. The van der Waals surface area contributed by atoms with Crippen molar-refractivity contribution in [2.45, 2.75) is 18.9 Å². The molecule has 0 aromatic heterocycles. The molecule has 0 spiro atoms. The van der Waals surface area contributed by atoms with Crippen LogP contribution in [0.5, 0.6) is 0 Å². The molecular weight excluding hydrogens is 242 g/mol. The van der Waals surface area contributed by atoms with Gasteiger partial charge in [0, 0.05) is 29.1 Å². The van der Waals surface area contributed by atoms with Gasteiger partial charge in [-0.2, -0.15) is 0 Å². The number of halogens is 3. The monoisotopic (exact) mass is 250 g/mol. The number of rotatable bonds is 4. The minimum Gasteiger partial charge on any atom is -0.324 e. The van der Waals surface area contributed by atoms with Gasteiger partial charge < -0.3 is 5.73 Å². The Bertz CT molecular complexity index is 401. The molecule has 0 aliphatic heterocycles. The summed E-state index contributed by atoms with van der Waals surface area (Å²) in [4.78, 5) is 9.97. The number of benzene rings is 1. The van der Waals surface area contributed by atoms with Gasteiger partial charge in [-0.15, -0.1) is 0 Å². The number of alkyl halides is 2. The van der Waals surface area contributed by atoms with Crippen LogP contribution in [0.15, 0.2) is 18.2 Å². The van der Waals surface area contributed by atoms with E-state index in [1.165, 1.54) is 12.1 Å². The van der Waals surface area contributed by atoms with E-state index in [-0.39, 0.29) is 16.3 Å². The zero-order chi connectivity index (χ0) is 12.3. The van der Waals surface area contributed by atoms with Gasteiger partial charge in [-0.05, 0) is 12.1 Å². The van der Waals surface area contributed by atoms with Gasteiger partial charge >= 0.3 is 0 Å². The van der Waals surface area contributed by atoms with Gasteiger partial charge in [0.2, 0.25) is 6.43 Å². The number of nitrogens with zero attached hydrogens (tertiary/aromatic N) is 1. The van der Waals surface area contributed by atoms with Gasteiger partial charge in [-0.25, -0.2) is 8.78 Å². The van der Waals surface area contributed by atoms with Crippen LogP contribution in [-0.4, -0.2) is 11.3 Å². The minimum absolute atomic E-state index is 0.0257. The summed E-state index contributed by atoms with van der Waals surface area (Å²) in [5, 5.41) is 10.9. The van der Waals surface area contributed by atoms with E-state index in [0.717, 1.165) is 6.07 Å². The van der Waals surface area contributed by atoms with E-state index in [2.05, 4.69) is 0 Å². The Hall–Kier alpha value is -1.27. The zero-order valence-electron chi connectivity index (χ0n) is 8.07. The van der Waals surface area contributed by atoms with Crippen LogP contribution in [0.25, 0.3) is 0 Å². The molecule has 0 bridgehead atoms. The maximum atomic E-state index is 12.1. The number of nitrogens with two attached hydrogens (primary N) is 1. The van der Waals surface area contributed by atoms with Crippen molar-refractivity contribution >= 4 is 17.3 Å². The summed E-state index contributed by atoms with van der Waals surface area (Å²) in [6.07, 6.45) is -3.25. The minimum atomic E-state index is -2.62. The van der Waals surface area contributed by atoms with Crippen molar-refractivity contribution in [2.75, 3.05) is 0 Å². The van der Waals surface area contributed by atoms with Crippen molar-refractivity contribution in [1.82, 2.24) is 0 Å². The van der Waals surface area contributed by atoms with Crippen molar-refractivity contribution in [3.05, 3.63) is 38.9 Å². The smallest absolute Gasteiger partial charge is 0.274 e. The highest BCUT2D eigenvalue weighted by Gasteiger charge is 2.22. The fraction of sp³-hybridized carbons (Fsp3) is 0.333. The van der Waals surface area contributed by atoms with Crippen LogP contribution in [-0.2, 0) is 0 Å². The first-order chi connectivity index (χ1) is 7.41. The van der Waals surface area contributed by atoms with Gasteiger partial charge in [0.25, 0.3) is 5.69 Å². The molecule has 2 N–H and O–H groups in total. The van der Waals surface area contributed by atoms with Gasteiger partial charge in [0.15, 0.2) is 0 Å². The predicted octanol–water partition coefficient (Wildman–Crippen LogP) is 2.90. The molecule has 0 radical (unpaired) electrons. The first kappa shape index (κ1) is 12.8. The molecule has 0 saturated heterocycles. The third-order valence-electron chi connectivity index (χ3n) is 2.02. The second kappa shape index (κ2) is 5.18. The van der Waals surface area contributed by atoms with E-state index >= 15 is 0 Å². The molecule has 0 unspecified atom stereocenters. The largest absolute Gasteiger partial charge is 0.324 e. The van der Waals surface area contributed by atoms with Crippen molar-refractivity contribution in [1.29, 1.82) is 0 Å². The summed E-state index contributed by atoms with van der Waals surface area (Å²) >= 11 is 5.64. The van der Waals surface area contributed by atoms with E-state index < -0.39 is 23.8 Å². The van der Waals surface area contributed by atoms with Crippen LogP contribution in [0, 0.1) is 10.1 Å². The first-order valence-electron chi connectivity index (χ1n) is 4.39. The van der Waals surface area contributed by atoms with Crippen molar-refractivity contribution in [3.8, 4) is 0 Å². The van der Waals surface area contributed by atoms with Gasteiger partial charge in [-0.3, -0.25) is 10.1 Å². The van der Waals surface area contributed by atoms with Gasteiger partial charge in [-0.1, -0.05) is 11.6 Å². The summed E-state index contributed by atoms with van der Waals surface area (Å²) < 4.78 is 24.2. The lowest BCUT2D eigenvalue weighted by atomic mass is 10.0. The Kier molecular flexibility index (Phi) is 4.14. The lowest BCUT2D eigenvalue weighted by molar-refractivity contribution is -0.385. The predicted molar refractivity (Wildman–Crippen MR) is 55.7 cm³/mol. The molecule has 4 nitrogen and oxygen atoms in total.